The van der Waals surface area contributed by atoms with Crippen molar-refractivity contribution in [2.75, 3.05) is 5.32 Å². The van der Waals surface area contributed by atoms with E-state index < -0.39 is 11.3 Å². The molecule has 0 spiro atoms. The number of halogens is 1. The molecule has 1 aromatic heterocycles. The fraction of sp³-hybridized carbons (Fsp3) is 0.167. The highest BCUT2D eigenvalue weighted by atomic mass is 35.5. The van der Waals surface area contributed by atoms with Gasteiger partial charge in [0, 0.05) is 35.3 Å². The van der Waals surface area contributed by atoms with E-state index in [0.29, 0.717) is 5.82 Å². The van der Waals surface area contributed by atoms with Crippen LogP contribution in [0, 0.1) is 6.92 Å². The number of aryl methyl sites for hydroxylation is 1. The lowest BCUT2D eigenvalue weighted by atomic mass is 10.1. The van der Waals surface area contributed by atoms with Crippen LogP contribution in [0.2, 0.25) is 5.28 Å². The van der Waals surface area contributed by atoms with Crippen LogP contribution in [-0.4, -0.2) is 18.7 Å². The average molecular weight is 312 g/mol. The first-order chi connectivity index (χ1) is 9.56. The second-order valence-electron chi connectivity index (χ2n) is 4.01. The number of rotatable bonds is 5. The van der Waals surface area contributed by atoms with Crippen molar-refractivity contribution in [2.24, 2.45) is 0 Å². The average Bonchev–Trinajstić information content (AvgIpc) is 2.42. The summed E-state index contributed by atoms with van der Waals surface area (Å²) in [5.74, 6) is 0.584. The van der Waals surface area contributed by atoms with Crippen molar-refractivity contribution in [3.8, 4) is 0 Å². The number of hydrogen-bond acceptors (Lipinski definition) is 5. The highest BCUT2D eigenvalue weighted by Crippen LogP contribution is 2.22. The molecule has 1 heterocycles. The van der Waals surface area contributed by atoms with Gasteiger partial charge in [-0.1, -0.05) is 18.2 Å². The largest absolute Gasteiger partial charge is 0.760 e. The van der Waals surface area contributed by atoms with Crippen molar-refractivity contribution in [2.45, 2.75) is 13.5 Å². The van der Waals surface area contributed by atoms with Gasteiger partial charge in [-0.3, -0.25) is 4.21 Å². The van der Waals surface area contributed by atoms with Crippen LogP contribution in [0.4, 0.5) is 11.5 Å². The zero-order chi connectivity index (χ0) is 14.5. The maximum atomic E-state index is 10.6. The normalized spacial score (nSPS) is 12.2. The molecule has 1 unspecified atom stereocenters. The number of aromatic nitrogens is 2. The Morgan fingerprint density at radius 3 is 2.90 bits per heavy atom. The van der Waals surface area contributed by atoms with E-state index in [1.807, 2.05) is 31.2 Å². The van der Waals surface area contributed by atoms with Gasteiger partial charge in [0.25, 0.3) is 0 Å². The molecule has 8 heteroatoms. The molecule has 0 saturated heterocycles. The van der Waals surface area contributed by atoms with Gasteiger partial charge in [0.1, 0.15) is 5.82 Å². The van der Waals surface area contributed by atoms with E-state index in [-0.39, 0.29) is 11.8 Å². The van der Waals surface area contributed by atoms with Crippen LogP contribution in [0.25, 0.3) is 0 Å². The first-order valence-electron chi connectivity index (χ1n) is 5.73. The number of nitrogens with one attached hydrogen (secondary N) is 2. The molecule has 0 radical (unpaired) electrons. The molecular weight excluding hydrogens is 300 g/mol. The quantitative estimate of drug-likeness (QED) is 0.651. The summed E-state index contributed by atoms with van der Waals surface area (Å²) in [5, 5.41) is 3.28. The molecular formula is C12H12ClN4O2S-. The van der Waals surface area contributed by atoms with Crippen LogP contribution >= 0.6 is 11.6 Å². The third-order valence-electron chi connectivity index (χ3n) is 2.59. The minimum Gasteiger partial charge on any atom is -0.760 e. The molecule has 2 N–H and O–H groups in total. The summed E-state index contributed by atoms with van der Waals surface area (Å²) in [4.78, 5) is 7.99. The van der Waals surface area contributed by atoms with E-state index >= 15 is 0 Å². The summed E-state index contributed by atoms with van der Waals surface area (Å²) in [6.07, 6.45) is 1.62. The summed E-state index contributed by atoms with van der Waals surface area (Å²) >= 11 is 3.47. The maximum Gasteiger partial charge on any atom is 0.224 e. The van der Waals surface area contributed by atoms with Crippen LogP contribution in [0.1, 0.15) is 11.1 Å². The van der Waals surface area contributed by atoms with Gasteiger partial charge in [0.05, 0.1) is 0 Å². The Bertz CT molecular complexity index is 639. The molecule has 0 fully saturated rings. The summed E-state index contributed by atoms with van der Waals surface area (Å²) < 4.78 is 23.5. The van der Waals surface area contributed by atoms with Gasteiger partial charge in [-0.2, -0.15) is 0 Å². The lowest BCUT2D eigenvalue weighted by Gasteiger charge is -2.14. The van der Waals surface area contributed by atoms with Gasteiger partial charge in [-0.15, -0.1) is 0 Å². The molecule has 6 nitrogen and oxygen atoms in total. The van der Waals surface area contributed by atoms with Gasteiger partial charge >= 0.3 is 0 Å². The summed E-state index contributed by atoms with van der Waals surface area (Å²) in [6, 6.07) is 7.33. The Morgan fingerprint density at radius 1 is 1.40 bits per heavy atom. The zero-order valence-electron chi connectivity index (χ0n) is 10.6. The Kier molecular flexibility index (Phi) is 5.02. The van der Waals surface area contributed by atoms with E-state index in [1.54, 1.807) is 6.20 Å². The van der Waals surface area contributed by atoms with Crippen molar-refractivity contribution in [1.82, 2.24) is 14.7 Å². The van der Waals surface area contributed by atoms with Crippen LogP contribution in [0.3, 0.4) is 0 Å². The van der Waals surface area contributed by atoms with Crippen molar-refractivity contribution in [3.05, 3.63) is 46.9 Å². The second kappa shape index (κ2) is 6.76. The maximum absolute atomic E-state index is 10.6. The number of benzene rings is 1. The predicted molar refractivity (Wildman–Crippen MR) is 77.3 cm³/mol. The Balaban J connectivity index is 2.24. The molecule has 1 aromatic carbocycles. The standard InChI is InChI=1S/C12H13ClN4O2S/c1-8-6-14-12(13)17-11(8)16-10-5-3-2-4-9(10)7-15-20(18)19/h2-6,15H,7H2,1H3,(H,18,19)(H,14,16,17)/p-1. The third-order valence-corrected chi connectivity index (χ3v) is 3.16. The van der Waals surface area contributed by atoms with Gasteiger partial charge < -0.3 is 9.87 Å². The fourth-order valence-electron chi connectivity index (χ4n) is 1.61. The van der Waals surface area contributed by atoms with E-state index in [1.165, 1.54) is 0 Å². The molecule has 0 aliphatic heterocycles. The number of para-hydroxylation sites is 1. The third kappa shape index (κ3) is 3.97. The van der Waals surface area contributed by atoms with Crippen LogP contribution in [0.15, 0.2) is 30.5 Å². The van der Waals surface area contributed by atoms with E-state index in [9.17, 15) is 8.76 Å². The molecule has 2 rings (SSSR count). The molecule has 0 aliphatic rings. The van der Waals surface area contributed by atoms with Crippen LogP contribution in [-0.2, 0) is 17.8 Å². The van der Waals surface area contributed by atoms with Crippen LogP contribution < -0.4 is 10.0 Å². The molecule has 0 amide bonds. The molecule has 0 aliphatic carbocycles. The Labute approximate surface area is 124 Å². The number of anilines is 2. The Morgan fingerprint density at radius 2 is 2.15 bits per heavy atom. The van der Waals surface area contributed by atoms with Gasteiger partial charge in [-0.05, 0) is 30.2 Å². The van der Waals surface area contributed by atoms with Crippen LogP contribution in [0.5, 0.6) is 0 Å². The topological polar surface area (TPSA) is 90.0 Å². The van der Waals surface area contributed by atoms with Gasteiger partial charge in [-0.25, -0.2) is 14.7 Å². The number of hydrogen-bond donors (Lipinski definition) is 2. The molecule has 0 bridgehead atoms. The highest BCUT2D eigenvalue weighted by molar-refractivity contribution is 7.77. The monoisotopic (exact) mass is 311 g/mol. The highest BCUT2D eigenvalue weighted by Gasteiger charge is 2.06. The first kappa shape index (κ1) is 14.9. The second-order valence-corrected chi connectivity index (χ2v) is 5.10. The van der Waals surface area contributed by atoms with Gasteiger partial charge in [0.15, 0.2) is 0 Å². The minimum atomic E-state index is -2.30. The fourth-order valence-corrected chi connectivity index (χ4v) is 2.01. The number of nitrogens with zero attached hydrogens (tertiary/aromatic N) is 2. The van der Waals surface area contributed by atoms with Crippen molar-refractivity contribution < 1.29 is 8.76 Å². The zero-order valence-corrected chi connectivity index (χ0v) is 12.2. The lowest BCUT2D eigenvalue weighted by Crippen LogP contribution is -2.16. The smallest absolute Gasteiger partial charge is 0.224 e. The molecule has 106 valence electrons. The molecule has 0 saturated carbocycles. The summed E-state index contributed by atoms with van der Waals surface area (Å²) in [6.45, 7) is 2.05. The minimum absolute atomic E-state index is 0.148. The van der Waals surface area contributed by atoms with E-state index in [2.05, 4.69) is 20.0 Å². The van der Waals surface area contributed by atoms with Gasteiger partial charge in [0.2, 0.25) is 5.28 Å². The van der Waals surface area contributed by atoms with E-state index in [0.717, 1.165) is 16.8 Å². The summed E-state index contributed by atoms with van der Waals surface area (Å²) in [5.41, 5.74) is 2.39. The Hall–Kier alpha value is -1.54. The SMILES string of the molecule is Cc1cnc(Cl)nc1Nc1ccccc1CNS(=O)[O-]. The molecule has 2 aromatic rings. The lowest BCUT2D eigenvalue weighted by molar-refractivity contribution is 0.522. The molecule has 1 atom stereocenters. The van der Waals surface area contributed by atoms with Crippen molar-refractivity contribution in [3.63, 3.8) is 0 Å². The summed E-state index contributed by atoms with van der Waals surface area (Å²) in [7, 11) is 0. The van der Waals surface area contributed by atoms with E-state index in [4.69, 9.17) is 11.6 Å². The first-order valence-corrected chi connectivity index (χ1v) is 7.18. The molecule has 20 heavy (non-hydrogen) atoms. The van der Waals surface area contributed by atoms with Crippen molar-refractivity contribution in [1.29, 1.82) is 0 Å². The predicted octanol–water partition coefficient (Wildman–Crippen LogP) is 2.07. The van der Waals surface area contributed by atoms with Crippen molar-refractivity contribution >= 4 is 34.4 Å².